The molecule has 1 unspecified atom stereocenters. The molecule has 3 heterocycles. The van der Waals surface area contributed by atoms with E-state index in [2.05, 4.69) is 35.8 Å². The Bertz CT molecular complexity index is 1050. The number of hydrogen-bond donors (Lipinski definition) is 0. The number of benzene rings is 1. The van der Waals surface area contributed by atoms with Crippen LogP contribution < -0.4 is 4.90 Å². The Morgan fingerprint density at radius 3 is 2.93 bits per heavy atom. The zero-order valence-electron chi connectivity index (χ0n) is 14.9. The second-order valence-corrected chi connectivity index (χ2v) is 7.71. The second kappa shape index (κ2) is 7.87. The van der Waals surface area contributed by atoms with Crippen molar-refractivity contribution in [3.8, 4) is 11.4 Å². The van der Waals surface area contributed by atoms with Crippen molar-refractivity contribution in [3.63, 3.8) is 0 Å². The minimum atomic E-state index is -0.599. The highest BCUT2D eigenvalue weighted by Gasteiger charge is 2.26. The van der Waals surface area contributed by atoms with Crippen LogP contribution in [0.25, 0.3) is 22.3 Å². The van der Waals surface area contributed by atoms with Crippen LogP contribution in [0.15, 0.2) is 35.1 Å². The predicted octanol–water partition coefficient (Wildman–Crippen LogP) is 4.54. The van der Waals surface area contributed by atoms with Crippen molar-refractivity contribution < 1.29 is 13.6 Å². The molecule has 1 fully saturated rings. The normalized spacial score (nSPS) is 16.7. The van der Waals surface area contributed by atoms with Gasteiger partial charge in [-0.05, 0) is 52.9 Å². The Morgan fingerprint density at radius 2 is 2.11 bits per heavy atom. The van der Waals surface area contributed by atoms with Crippen molar-refractivity contribution in [3.05, 3.63) is 46.7 Å². The molecule has 4 rings (SSSR count). The fourth-order valence-corrected chi connectivity index (χ4v) is 3.89. The Morgan fingerprint density at radius 1 is 1.25 bits per heavy atom. The molecule has 1 saturated heterocycles. The first-order valence-corrected chi connectivity index (χ1v) is 9.81. The van der Waals surface area contributed by atoms with Gasteiger partial charge in [0, 0.05) is 31.9 Å². The number of halogens is 3. The van der Waals surface area contributed by atoms with E-state index in [4.69, 9.17) is 0 Å². The van der Waals surface area contributed by atoms with Crippen LogP contribution in [0.2, 0.25) is 0 Å². The minimum absolute atomic E-state index is 0.0114. The van der Waals surface area contributed by atoms with Crippen LogP contribution in [0.4, 0.5) is 14.6 Å². The van der Waals surface area contributed by atoms with Gasteiger partial charge in [-0.2, -0.15) is 0 Å². The predicted molar refractivity (Wildman–Crippen MR) is 106 cm³/mol. The molecule has 0 saturated carbocycles. The molecular formula is C20H17BrF2N4O. The van der Waals surface area contributed by atoms with Crippen molar-refractivity contribution >= 4 is 38.9 Å². The Balaban J connectivity index is 1.79. The first-order valence-electron chi connectivity index (χ1n) is 9.02. The summed E-state index contributed by atoms with van der Waals surface area (Å²) in [6.45, 7) is 1.53. The SMILES string of the molecule is O=CCCC1CCN(c2nc(-c3cc(F)c(Br)cc3F)nc3ccncc23)C1. The quantitative estimate of drug-likeness (QED) is 0.425. The van der Waals surface area contributed by atoms with E-state index in [9.17, 15) is 13.6 Å². The number of carbonyl (C=O) groups excluding carboxylic acids is 1. The molecule has 8 heteroatoms. The number of rotatable bonds is 5. The molecule has 1 aliphatic heterocycles. The van der Waals surface area contributed by atoms with Crippen LogP contribution in [-0.2, 0) is 4.79 Å². The zero-order chi connectivity index (χ0) is 19.7. The molecule has 28 heavy (non-hydrogen) atoms. The maximum atomic E-state index is 14.5. The number of anilines is 1. The van der Waals surface area contributed by atoms with Gasteiger partial charge in [0.2, 0.25) is 0 Å². The molecule has 1 atom stereocenters. The van der Waals surface area contributed by atoms with Gasteiger partial charge in [0.25, 0.3) is 0 Å². The Kier molecular flexibility index (Phi) is 5.30. The van der Waals surface area contributed by atoms with E-state index in [0.29, 0.717) is 23.7 Å². The van der Waals surface area contributed by atoms with E-state index in [0.717, 1.165) is 49.7 Å². The summed E-state index contributed by atoms with van der Waals surface area (Å²) in [7, 11) is 0. The van der Waals surface area contributed by atoms with Gasteiger partial charge in [0.1, 0.15) is 23.7 Å². The van der Waals surface area contributed by atoms with Gasteiger partial charge in [-0.3, -0.25) is 4.98 Å². The third-order valence-electron chi connectivity index (χ3n) is 5.01. The molecule has 1 aromatic carbocycles. The summed E-state index contributed by atoms with van der Waals surface area (Å²) in [5.74, 6) is 0.0138. The first kappa shape index (κ1) is 18.9. The van der Waals surface area contributed by atoms with Crippen molar-refractivity contribution in [2.45, 2.75) is 19.3 Å². The van der Waals surface area contributed by atoms with E-state index in [1.807, 2.05) is 0 Å². The maximum absolute atomic E-state index is 14.5. The van der Waals surface area contributed by atoms with Crippen molar-refractivity contribution in [2.75, 3.05) is 18.0 Å². The van der Waals surface area contributed by atoms with Gasteiger partial charge in [-0.25, -0.2) is 18.7 Å². The third-order valence-corrected chi connectivity index (χ3v) is 5.61. The summed E-state index contributed by atoms with van der Waals surface area (Å²) >= 11 is 2.99. The van der Waals surface area contributed by atoms with E-state index in [-0.39, 0.29) is 15.9 Å². The molecule has 144 valence electrons. The van der Waals surface area contributed by atoms with Crippen molar-refractivity contribution in [1.82, 2.24) is 15.0 Å². The standard InChI is InChI=1S/C20H17BrF2N4O/c21-15-9-16(22)13(8-17(15)23)19-25-18-3-5-24-10-14(18)20(26-19)27-6-4-12(11-27)2-1-7-28/h3,5,7-10,12H,1-2,4,6,11H2. The summed E-state index contributed by atoms with van der Waals surface area (Å²) < 4.78 is 28.6. The van der Waals surface area contributed by atoms with Crippen LogP contribution in [0.1, 0.15) is 19.3 Å². The van der Waals surface area contributed by atoms with Crippen LogP contribution in [0.3, 0.4) is 0 Å². The van der Waals surface area contributed by atoms with Gasteiger partial charge in [-0.1, -0.05) is 0 Å². The van der Waals surface area contributed by atoms with E-state index in [1.54, 1.807) is 18.5 Å². The number of hydrogen-bond acceptors (Lipinski definition) is 5. The van der Waals surface area contributed by atoms with Crippen molar-refractivity contribution in [2.24, 2.45) is 5.92 Å². The highest BCUT2D eigenvalue weighted by atomic mass is 79.9. The summed E-state index contributed by atoms with van der Waals surface area (Å²) in [6, 6.07) is 3.91. The lowest BCUT2D eigenvalue weighted by molar-refractivity contribution is -0.108. The van der Waals surface area contributed by atoms with Crippen molar-refractivity contribution in [1.29, 1.82) is 0 Å². The average Bonchev–Trinajstić information content (AvgIpc) is 3.17. The number of aromatic nitrogens is 3. The molecule has 2 aromatic heterocycles. The molecule has 0 bridgehead atoms. The number of carbonyl (C=O) groups is 1. The Labute approximate surface area is 168 Å². The highest BCUT2D eigenvalue weighted by molar-refractivity contribution is 9.10. The summed E-state index contributed by atoms with van der Waals surface area (Å²) in [5.41, 5.74) is 0.631. The fraction of sp³-hybridized carbons (Fsp3) is 0.300. The molecular weight excluding hydrogens is 430 g/mol. The highest BCUT2D eigenvalue weighted by Crippen LogP contribution is 2.33. The van der Waals surface area contributed by atoms with E-state index < -0.39 is 11.6 Å². The topological polar surface area (TPSA) is 59.0 Å². The number of nitrogens with zero attached hydrogens (tertiary/aromatic N) is 4. The molecule has 0 spiro atoms. The molecule has 0 amide bonds. The largest absolute Gasteiger partial charge is 0.356 e. The first-order chi connectivity index (χ1) is 13.6. The van der Waals surface area contributed by atoms with Crippen LogP contribution >= 0.6 is 15.9 Å². The van der Waals surface area contributed by atoms with E-state index >= 15 is 0 Å². The number of fused-ring (bicyclic) bond motifs is 1. The molecule has 0 aliphatic carbocycles. The fourth-order valence-electron chi connectivity index (χ4n) is 3.58. The van der Waals surface area contributed by atoms with Crippen LogP contribution in [0.5, 0.6) is 0 Å². The number of pyridine rings is 1. The molecule has 0 radical (unpaired) electrons. The lowest BCUT2D eigenvalue weighted by atomic mass is 10.0. The summed E-state index contributed by atoms with van der Waals surface area (Å²) in [6.07, 6.45) is 6.57. The number of aldehydes is 1. The lowest BCUT2D eigenvalue weighted by Crippen LogP contribution is -2.22. The molecule has 1 aliphatic rings. The Hall–Kier alpha value is -2.48. The van der Waals surface area contributed by atoms with Gasteiger partial charge in [-0.15, -0.1) is 0 Å². The smallest absolute Gasteiger partial charge is 0.165 e. The van der Waals surface area contributed by atoms with Crippen LogP contribution in [-0.4, -0.2) is 34.3 Å². The molecule has 0 N–H and O–H groups in total. The summed E-state index contributed by atoms with van der Waals surface area (Å²) in [4.78, 5) is 26.0. The van der Waals surface area contributed by atoms with Gasteiger partial charge >= 0.3 is 0 Å². The van der Waals surface area contributed by atoms with Crippen LogP contribution in [0, 0.1) is 17.6 Å². The van der Waals surface area contributed by atoms with E-state index in [1.165, 1.54) is 0 Å². The monoisotopic (exact) mass is 446 g/mol. The lowest BCUT2D eigenvalue weighted by Gasteiger charge is -2.20. The minimum Gasteiger partial charge on any atom is -0.356 e. The van der Waals surface area contributed by atoms with Gasteiger partial charge in [0.05, 0.1) is 20.9 Å². The zero-order valence-corrected chi connectivity index (χ0v) is 16.5. The molecule has 3 aromatic rings. The van der Waals surface area contributed by atoms with Gasteiger partial charge < -0.3 is 9.69 Å². The summed E-state index contributed by atoms with van der Waals surface area (Å²) in [5, 5.41) is 0.764. The second-order valence-electron chi connectivity index (χ2n) is 6.85. The average molecular weight is 447 g/mol. The van der Waals surface area contributed by atoms with Gasteiger partial charge in [0.15, 0.2) is 5.82 Å². The molecule has 5 nitrogen and oxygen atoms in total. The maximum Gasteiger partial charge on any atom is 0.165 e. The third kappa shape index (κ3) is 3.61.